The van der Waals surface area contributed by atoms with E-state index in [2.05, 4.69) is 16.9 Å². The largest absolute Gasteiger partial charge is 0.383 e. The Morgan fingerprint density at radius 2 is 1.89 bits per heavy atom. The van der Waals surface area contributed by atoms with Crippen molar-refractivity contribution in [3.63, 3.8) is 0 Å². The third-order valence-corrected chi connectivity index (χ3v) is 2.91. The fraction of sp³-hybridized carbons (Fsp3) is 0.615. The number of nitrogens with two attached hydrogens (primary N) is 1. The molecule has 1 aromatic heterocycles. The van der Waals surface area contributed by atoms with Crippen LogP contribution in [-0.2, 0) is 11.2 Å². The van der Waals surface area contributed by atoms with E-state index in [-0.39, 0.29) is 12.5 Å². The first-order chi connectivity index (χ1) is 8.86. The van der Waals surface area contributed by atoms with Crippen LogP contribution in [0.4, 0.5) is 11.6 Å². The molecular weight excluding hydrogens is 242 g/mol. The Kier molecular flexibility index (Phi) is 5.09. The van der Waals surface area contributed by atoms with Crippen molar-refractivity contribution >= 4 is 17.5 Å². The molecule has 106 valence electrons. The van der Waals surface area contributed by atoms with Crippen LogP contribution in [0.25, 0.3) is 0 Å². The summed E-state index contributed by atoms with van der Waals surface area (Å²) in [4.78, 5) is 23.9. The van der Waals surface area contributed by atoms with Crippen LogP contribution < -0.4 is 10.6 Å². The molecule has 6 heteroatoms. The molecule has 0 unspecified atom stereocenters. The van der Waals surface area contributed by atoms with E-state index in [4.69, 9.17) is 5.73 Å². The highest BCUT2D eigenvalue weighted by molar-refractivity contribution is 5.81. The number of rotatable bonds is 5. The molecule has 19 heavy (non-hydrogen) atoms. The van der Waals surface area contributed by atoms with Gasteiger partial charge in [0.2, 0.25) is 5.91 Å². The number of likely N-dealkylation sites (N-methyl/N-ethyl adjacent to an activating group) is 2. The minimum Gasteiger partial charge on any atom is -0.383 e. The molecule has 6 nitrogen and oxygen atoms in total. The Labute approximate surface area is 114 Å². The van der Waals surface area contributed by atoms with Gasteiger partial charge in [0.25, 0.3) is 0 Å². The van der Waals surface area contributed by atoms with Crippen LogP contribution in [0, 0.1) is 6.92 Å². The lowest BCUT2D eigenvalue weighted by Gasteiger charge is -2.22. The number of nitrogens with zero attached hydrogens (tertiary/aromatic N) is 4. The zero-order valence-corrected chi connectivity index (χ0v) is 12.4. The van der Waals surface area contributed by atoms with Crippen LogP contribution in [0.5, 0.6) is 0 Å². The van der Waals surface area contributed by atoms with Crippen molar-refractivity contribution in [1.82, 2.24) is 14.9 Å². The maximum Gasteiger partial charge on any atom is 0.241 e. The van der Waals surface area contributed by atoms with Crippen LogP contribution in [0.2, 0.25) is 0 Å². The molecule has 0 fully saturated rings. The molecule has 1 aromatic rings. The predicted molar refractivity (Wildman–Crippen MR) is 77.1 cm³/mol. The summed E-state index contributed by atoms with van der Waals surface area (Å²) in [6, 6.07) is 0. The molecule has 0 atom stereocenters. The molecule has 0 saturated heterocycles. The number of carbonyl (C=O) groups excluding carboxylic acids is 1. The second kappa shape index (κ2) is 6.36. The lowest BCUT2D eigenvalue weighted by molar-refractivity contribution is -0.127. The van der Waals surface area contributed by atoms with E-state index < -0.39 is 0 Å². The summed E-state index contributed by atoms with van der Waals surface area (Å²) < 4.78 is 0. The van der Waals surface area contributed by atoms with Crippen molar-refractivity contribution in [1.29, 1.82) is 0 Å². The van der Waals surface area contributed by atoms with E-state index in [1.807, 2.05) is 18.9 Å². The molecule has 1 rings (SSSR count). The second-order valence-corrected chi connectivity index (χ2v) is 4.87. The second-order valence-electron chi connectivity index (χ2n) is 4.87. The number of hydrogen-bond acceptors (Lipinski definition) is 5. The average Bonchev–Trinajstić information content (AvgIpc) is 2.33. The van der Waals surface area contributed by atoms with Crippen LogP contribution >= 0.6 is 0 Å². The number of carbonyl (C=O) groups is 1. The lowest BCUT2D eigenvalue weighted by atomic mass is 10.2. The summed E-state index contributed by atoms with van der Waals surface area (Å²) in [5, 5.41) is 0. The molecule has 0 aliphatic heterocycles. The van der Waals surface area contributed by atoms with Crippen LogP contribution in [-0.4, -0.2) is 48.5 Å². The number of amides is 1. The van der Waals surface area contributed by atoms with E-state index in [1.54, 1.807) is 19.0 Å². The Morgan fingerprint density at radius 3 is 2.42 bits per heavy atom. The zero-order chi connectivity index (χ0) is 14.6. The smallest absolute Gasteiger partial charge is 0.241 e. The highest BCUT2D eigenvalue weighted by atomic mass is 16.2. The van der Waals surface area contributed by atoms with Gasteiger partial charge >= 0.3 is 0 Å². The zero-order valence-electron chi connectivity index (χ0n) is 12.4. The maximum absolute atomic E-state index is 11.7. The van der Waals surface area contributed by atoms with E-state index >= 15 is 0 Å². The van der Waals surface area contributed by atoms with Gasteiger partial charge in [-0.2, -0.15) is 0 Å². The van der Waals surface area contributed by atoms with E-state index in [9.17, 15) is 4.79 Å². The monoisotopic (exact) mass is 265 g/mol. The molecule has 0 saturated carbocycles. The van der Waals surface area contributed by atoms with Gasteiger partial charge in [0, 0.05) is 33.1 Å². The van der Waals surface area contributed by atoms with Crippen molar-refractivity contribution in [2.24, 2.45) is 0 Å². The first kappa shape index (κ1) is 15.2. The van der Waals surface area contributed by atoms with Gasteiger partial charge in [0.1, 0.15) is 17.5 Å². The summed E-state index contributed by atoms with van der Waals surface area (Å²) in [5.74, 6) is 1.96. The van der Waals surface area contributed by atoms with Crippen molar-refractivity contribution in [2.75, 3.05) is 38.3 Å². The van der Waals surface area contributed by atoms with Gasteiger partial charge in [-0.25, -0.2) is 9.97 Å². The van der Waals surface area contributed by atoms with Gasteiger partial charge < -0.3 is 15.5 Å². The standard InChI is InChI=1S/C13H23N5O/c1-6-7-10-15-12(14)9(2)13(16-10)18(5)8-11(19)17(3)4/h6-8H2,1-5H3,(H2,14,15,16). The van der Waals surface area contributed by atoms with Crippen molar-refractivity contribution in [3.05, 3.63) is 11.4 Å². The molecule has 0 aromatic carbocycles. The Morgan fingerprint density at radius 1 is 1.26 bits per heavy atom. The average molecular weight is 265 g/mol. The molecule has 0 radical (unpaired) electrons. The van der Waals surface area contributed by atoms with Crippen molar-refractivity contribution < 1.29 is 4.79 Å². The summed E-state index contributed by atoms with van der Waals surface area (Å²) >= 11 is 0. The molecule has 1 amide bonds. The summed E-state index contributed by atoms with van der Waals surface area (Å²) in [6.07, 6.45) is 1.75. The van der Waals surface area contributed by atoms with Crippen LogP contribution in [0.3, 0.4) is 0 Å². The Bertz CT molecular complexity index is 459. The fourth-order valence-corrected chi connectivity index (χ4v) is 1.69. The molecular formula is C13H23N5O. The first-order valence-electron chi connectivity index (χ1n) is 6.41. The van der Waals surface area contributed by atoms with Crippen LogP contribution in [0.1, 0.15) is 24.7 Å². The predicted octanol–water partition coefficient (Wildman–Crippen LogP) is 0.844. The minimum absolute atomic E-state index is 0.0242. The number of hydrogen-bond donors (Lipinski definition) is 1. The summed E-state index contributed by atoms with van der Waals surface area (Å²) in [5.41, 5.74) is 6.72. The molecule has 1 heterocycles. The molecule has 2 N–H and O–H groups in total. The summed E-state index contributed by atoms with van der Waals surface area (Å²) in [6.45, 7) is 4.21. The van der Waals surface area contributed by atoms with E-state index in [0.29, 0.717) is 5.82 Å². The quantitative estimate of drug-likeness (QED) is 0.854. The van der Waals surface area contributed by atoms with Crippen molar-refractivity contribution in [3.8, 4) is 0 Å². The molecule has 0 spiro atoms. The number of nitrogen functional groups attached to an aromatic ring is 1. The first-order valence-corrected chi connectivity index (χ1v) is 6.41. The number of aryl methyl sites for hydroxylation is 1. The maximum atomic E-state index is 11.7. The number of aromatic nitrogens is 2. The minimum atomic E-state index is 0.0242. The Balaban J connectivity index is 3.01. The SMILES string of the molecule is CCCc1nc(N)c(C)c(N(C)CC(=O)N(C)C)n1. The van der Waals surface area contributed by atoms with Crippen LogP contribution in [0.15, 0.2) is 0 Å². The highest BCUT2D eigenvalue weighted by Crippen LogP contribution is 2.20. The normalized spacial score (nSPS) is 10.4. The van der Waals surface area contributed by atoms with Gasteiger partial charge in [-0.05, 0) is 13.3 Å². The van der Waals surface area contributed by atoms with Crippen molar-refractivity contribution in [2.45, 2.75) is 26.7 Å². The number of anilines is 2. The molecule has 0 bridgehead atoms. The molecule has 0 aliphatic carbocycles. The topological polar surface area (TPSA) is 75.3 Å². The molecule has 0 aliphatic rings. The van der Waals surface area contributed by atoms with Gasteiger partial charge in [-0.3, -0.25) is 4.79 Å². The third-order valence-electron chi connectivity index (χ3n) is 2.91. The van der Waals surface area contributed by atoms with Gasteiger partial charge in [0.05, 0.1) is 6.54 Å². The third kappa shape index (κ3) is 3.81. The van der Waals surface area contributed by atoms with Gasteiger partial charge in [-0.15, -0.1) is 0 Å². The fourth-order valence-electron chi connectivity index (χ4n) is 1.69. The van der Waals surface area contributed by atoms with E-state index in [0.717, 1.165) is 30.0 Å². The Hall–Kier alpha value is -1.85. The van der Waals surface area contributed by atoms with Gasteiger partial charge in [-0.1, -0.05) is 6.92 Å². The highest BCUT2D eigenvalue weighted by Gasteiger charge is 2.15. The summed E-state index contributed by atoms with van der Waals surface area (Å²) in [7, 11) is 5.31. The van der Waals surface area contributed by atoms with E-state index in [1.165, 1.54) is 0 Å². The van der Waals surface area contributed by atoms with Gasteiger partial charge in [0.15, 0.2) is 0 Å². The lowest BCUT2D eigenvalue weighted by Crippen LogP contribution is -2.35.